The molecule has 0 N–H and O–H groups in total. The minimum absolute atomic E-state index is 0.412. The molecular weight excluding hydrogens is 548 g/mol. The molecule has 236 valence electrons. The highest BCUT2D eigenvalue weighted by atomic mass is 16.5. The van der Waals surface area contributed by atoms with Crippen molar-refractivity contribution in [1.29, 1.82) is 0 Å². The lowest BCUT2D eigenvalue weighted by molar-refractivity contribution is 0.0734. The maximum Gasteiger partial charge on any atom is 0.343 e. The van der Waals surface area contributed by atoms with Gasteiger partial charge in [0.05, 0.1) is 30.2 Å². The first kappa shape index (κ1) is 34.6. The molecule has 0 heterocycles. The molecule has 3 rings (SSSR count). The van der Waals surface area contributed by atoms with E-state index in [4.69, 9.17) is 14.2 Å². The van der Waals surface area contributed by atoms with Crippen LogP contribution in [0, 0.1) is 13.8 Å². The second-order valence-corrected chi connectivity index (χ2v) is 11.3. The highest BCUT2D eigenvalue weighted by molar-refractivity contribution is 5.91. The molecule has 0 amide bonds. The maximum atomic E-state index is 12.8. The van der Waals surface area contributed by atoms with Gasteiger partial charge in [-0.1, -0.05) is 64.4 Å². The standard InChI is InChI=1S/C38H50N2O4/c1-5-7-9-11-12-13-14-15-17-27-42-34-22-18-32(19-23-34)38(41)44-36-28-30(3)37(31(4)29-36)40-39-33-20-24-35(25-21-33)43-26-16-10-8-6-2/h5,18-25,28-29H,1,6-17,26-27H2,2-4H3. The molecule has 3 aromatic rings. The van der Waals surface area contributed by atoms with Gasteiger partial charge in [-0.3, -0.25) is 0 Å². The molecule has 0 fully saturated rings. The molecule has 0 aliphatic heterocycles. The van der Waals surface area contributed by atoms with Crippen LogP contribution >= 0.6 is 0 Å². The molecule has 0 aliphatic carbocycles. The quantitative estimate of drug-likeness (QED) is 0.0402. The molecule has 0 unspecified atom stereocenters. The first-order chi connectivity index (χ1) is 21.5. The van der Waals surface area contributed by atoms with E-state index in [1.807, 2.05) is 68.5 Å². The lowest BCUT2D eigenvalue weighted by Gasteiger charge is -2.10. The third-order valence-electron chi connectivity index (χ3n) is 7.46. The highest BCUT2D eigenvalue weighted by Crippen LogP contribution is 2.31. The molecule has 0 atom stereocenters. The van der Waals surface area contributed by atoms with Crippen molar-refractivity contribution in [2.75, 3.05) is 13.2 Å². The van der Waals surface area contributed by atoms with E-state index in [1.165, 1.54) is 57.8 Å². The van der Waals surface area contributed by atoms with E-state index in [9.17, 15) is 4.79 Å². The van der Waals surface area contributed by atoms with Crippen molar-refractivity contribution in [3.05, 3.63) is 90.0 Å². The highest BCUT2D eigenvalue weighted by Gasteiger charge is 2.12. The van der Waals surface area contributed by atoms with Crippen LogP contribution in [0.3, 0.4) is 0 Å². The molecule has 6 heteroatoms. The Morgan fingerprint density at radius 2 is 1.20 bits per heavy atom. The molecular formula is C38H50N2O4. The summed E-state index contributed by atoms with van der Waals surface area (Å²) in [7, 11) is 0. The van der Waals surface area contributed by atoms with Crippen molar-refractivity contribution in [2.24, 2.45) is 10.2 Å². The van der Waals surface area contributed by atoms with E-state index >= 15 is 0 Å². The number of aryl methyl sites for hydroxylation is 2. The predicted octanol–water partition coefficient (Wildman–Crippen LogP) is 11.6. The fourth-order valence-corrected chi connectivity index (χ4v) is 4.89. The number of allylic oxidation sites excluding steroid dienone is 1. The minimum Gasteiger partial charge on any atom is -0.494 e. The largest absolute Gasteiger partial charge is 0.494 e. The Hall–Kier alpha value is -3.93. The zero-order chi connectivity index (χ0) is 31.4. The van der Waals surface area contributed by atoms with Gasteiger partial charge in [0.25, 0.3) is 0 Å². The summed E-state index contributed by atoms with van der Waals surface area (Å²) in [6.07, 6.45) is 16.4. The number of ether oxygens (including phenoxy) is 3. The fourth-order valence-electron chi connectivity index (χ4n) is 4.89. The van der Waals surface area contributed by atoms with Crippen LogP contribution in [-0.2, 0) is 0 Å². The number of azo groups is 1. The van der Waals surface area contributed by atoms with Crippen molar-refractivity contribution >= 4 is 17.3 Å². The van der Waals surface area contributed by atoms with Gasteiger partial charge < -0.3 is 14.2 Å². The number of carbonyl (C=O) groups is 1. The summed E-state index contributed by atoms with van der Waals surface area (Å²) < 4.78 is 17.4. The van der Waals surface area contributed by atoms with Gasteiger partial charge >= 0.3 is 5.97 Å². The van der Waals surface area contributed by atoms with Crippen molar-refractivity contribution in [1.82, 2.24) is 0 Å². The smallest absolute Gasteiger partial charge is 0.343 e. The Kier molecular flexibility index (Phi) is 15.8. The Balaban J connectivity index is 1.43. The van der Waals surface area contributed by atoms with Crippen molar-refractivity contribution in [3.63, 3.8) is 0 Å². The molecule has 0 radical (unpaired) electrons. The number of nitrogens with zero attached hydrogens (tertiary/aromatic N) is 2. The fraction of sp³-hybridized carbons (Fsp3) is 0.447. The van der Waals surface area contributed by atoms with E-state index in [2.05, 4.69) is 23.7 Å². The van der Waals surface area contributed by atoms with Crippen LogP contribution in [0.25, 0.3) is 0 Å². The average Bonchev–Trinajstić information content (AvgIpc) is 3.02. The number of rotatable bonds is 21. The molecule has 3 aromatic carbocycles. The number of hydrogen-bond acceptors (Lipinski definition) is 6. The third-order valence-corrected chi connectivity index (χ3v) is 7.46. The molecule has 0 spiro atoms. The van der Waals surface area contributed by atoms with E-state index in [0.717, 1.165) is 59.9 Å². The number of unbranched alkanes of at least 4 members (excludes halogenated alkanes) is 10. The van der Waals surface area contributed by atoms with Gasteiger partial charge in [-0.2, -0.15) is 10.2 Å². The molecule has 0 saturated carbocycles. The SMILES string of the molecule is C=CCCCCCCCCCOc1ccc(C(=O)Oc2cc(C)c(N=Nc3ccc(OCCCCCC)cc3)c(C)c2)cc1. The van der Waals surface area contributed by atoms with Gasteiger partial charge in [0.2, 0.25) is 0 Å². The number of benzene rings is 3. The first-order valence-electron chi connectivity index (χ1n) is 16.3. The second-order valence-electron chi connectivity index (χ2n) is 11.3. The summed E-state index contributed by atoms with van der Waals surface area (Å²) in [4.78, 5) is 12.8. The first-order valence-corrected chi connectivity index (χ1v) is 16.3. The van der Waals surface area contributed by atoms with Gasteiger partial charge in [-0.05, 0) is 111 Å². The van der Waals surface area contributed by atoms with Crippen molar-refractivity contribution in [2.45, 2.75) is 97.8 Å². The summed E-state index contributed by atoms with van der Waals surface area (Å²) in [6.45, 7) is 11.3. The number of esters is 1. The Morgan fingerprint density at radius 1 is 0.682 bits per heavy atom. The number of hydrogen-bond donors (Lipinski definition) is 0. The van der Waals surface area contributed by atoms with Gasteiger partial charge in [0.15, 0.2) is 0 Å². The summed E-state index contributed by atoms with van der Waals surface area (Å²) in [6, 6.07) is 18.4. The normalized spacial score (nSPS) is 11.1. The van der Waals surface area contributed by atoms with Crippen LogP contribution in [-0.4, -0.2) is 19.2 Å². The monoisotopic (exact) mass is 598 g/mol. The molecule has 0 bridgehead atoms. The van der Waals surface area contributed by atoms with E-state index in [0.29, 0.717) is 17.9 Å². The Bertz CT molecular complexity index is 1280. The second kappa shape index (κ2) is 20.1. The average molecular weight is 599 g/mol. The zero-order valence-corrected chi connectivity index (χ0v) is 27.0. The summed E-state index contributed by atoms with van der Waals surface area (Å²) in [5.41, 5.74) is 3.72. The molecule has 0 saturated heterocycles. The van der Waals surface area contributed by atoms with Crippen molar-refractivity contribution in [3.8, 4) is 17.2 Å². The van der Waals surface area contributed by atoms with Crippen molar-refractivity contribution < 1.29 is 19.0 Å². The van der Waals surface area contributed by atoms with Gasteiger partial charge in [-0.25, -0.2) is 4.79 Å². The zero-order valence-electron chi connectivity index (χ0n) is 27.0. The Labute approximate surface area is 264 Å². The summed E-state index contributed by atoms with van der Waals surface area (Å²) in [5.74, 6) is 1.67. The molecule has 0 aliphatic rings. The molecule has 0 aromatic heterocycles. The van der Waals surface area contributed by atoms with Crippen LogP contribution < -0.4 is 14.2 Å². The van der Waals surface area contributed by atoms with Crippen LogP contribution in [0.1, 0.15) is 105 Å². The predicted molar refractivity (Wildman–Crippen MR) is 180 cm³/mol. The van der Waals surface area contributed by atoms with E-state index in [1.54, 1.807) is 12.1 Å². The van der Waals surface area contributed by atoms with E-state index in [-0.39, 0.29) is 0 Å². The van der Waals surface area contributed by atoms with Gasteiger partial charge in [-0.15, -0.1) is 6.58 Å². The third kappa shape index (κ3) is 12.7. The van der Waals surface area contributed by atoms with Crippen LogP contribution in [0.15, 0.2) is 83.5 Å². The molecule has 6 nitrogen and oxygen atoms in total. The summed E-state index contributed by atoms with van der Waals surface area (Å²) >= 11 is 0. The summed E-state index contributed by atoms with van der Waals surface area (Å²) in [5, 5.41) is 8.88. The lowest BCUT2D eigenvalue weighted by atomic mass is 10.1. The van der Waals surface area contributed by atoms with Crippen LogP contribution in [0.5, 0.6) is 17.2 Å². The lowest BCUT2D eigenvalue weighted by Crippen LogP contribution is -2.08. The number of carbonyl (C=O) groups excluding carboxylic acids is 1. The minimum atomic E-state index is -0.412. The van der Waals surface area contributed by atoms with Crippen LogP contribution in [0.2, 0.25) is 0 Å². The van der Waals surface area contributed by atoms with Crippen LogP contribution in [0.4, 0.5) is 11.4 Å². The topological polar surface area (TPSA) is 69.5 Å². The Morgan fingerprint density at radius 3 is 1.77 bits per heavy atom. The molecule has 44 heavy (non-hydrogen) atoms. The van der Waals surface area contributed by atoms with Gasteiger partial charge in [0.1, 0.15) is 17.2 Å². The van der Waals surface area contributed by atoms with E-state index < -0.39 is 5.97 Å². The van der Waals surface area contributed by atoms with Gasteiger partial charge in [0, 0.05) is 0 Å². The maximum absolute atomic E-state index is 12.8.